The minimum absolute atomic E-state index is 0.173. The first-order valence-corrected chi connectivity index (χ1v) is 10.3. The normalized spacial score (nSPS) is 16.7. The monoisotopic (exact) mass is 422 g/mol. The van der Waals surface area contributed by atoms with Crippen LogP contribution >= 0.6 is 0 Å². The number of nitrogens with zero attached hydrogens (tertiary/aromatic N) is 2. The summed E-state index contributed by atoms with van der Waals surface area (Å²) in [4.78, 5) is 45.8. The first-order chi connectivity index (χ1) is 15.6. The number of aromatic nitrogens is 1. The number of H-pyrrole nitrogens is 1. The average Bonchev–Trinajstić information content (AvgIpc) is 3.39. The fourth-order valence-corrected chi connectivity index (χ4v) is 4.61. The maximum atomic E-state index is 13.4. The Labute approximate surface area is 183 Å². The smallest absolute Gasteiger partial charge is 0.260 e. The highest BCUT2D eigenvalue weighted by Gasteiger charge is 2.48. The maximum Gasteiger partial charge on any atom is 0.260 e. The molecular formula is C25H18N4O3. The SMILES string of the molecule is O=C(CN1C(=O)c2ccccc2N2C(=O)c3ccccc3[C@H]12)Nc1ccc2cc[nH]c2c1. The minimum Gasteiger partial charge on any atom is -0.361 e. The van der Waals surface area contributed by atoms with Gasteiger partial charge in [0.25, 0.3) is 11.8 Å². The van der Waals surface area contributed by atoms with Gasteiger partial charge < -0.3 is 15.2 Å². The van der Waals surface area contributed by atoms with Crippen molar-refractivity contribution in [1.29, 1.82) is 0 Å². The van der Waals surface area contributed by atoms with Crippen LogP contribution in [0.3, 0.4) is 0 Å². The van der Waals surface area contributed by atoms with E-state index in [9.17, 15) is 14.4 Å². The molecule has 1 aromatic heterocycles. The van der Waals surface area contributed by atoms with Crippen LogP contribution in [-0.2, 0) is 4.79 Å². The van der Waals surface area contributed by atoms with Gasteiger partial charge in [-0.1, -0.05) is 36.4 Å². The Hall–Kier alpha value is -4.39. The summed E-state index contributed by atoms with van der Waals surface area (Å²) in [5.74, 6) is -0.783. The lowest BCUT2D eigenvalue weighted by Gasteiger charge is -2.40. The number of carbonyl (C=O) groups is 3. The van der Waals surface area contributed by atoms with Gasteiger partial charge in [-0.05, 0) is 41.8 Å². The zero-order chi connectivity index (χ0) is 21.8. The lowest BCUT2D eigenvalue weighted by atomic mass is 10.0. The number of para-hydroxylation sites is 1. The molecule has 7 nitrogen and oxygen atoms in total. The molecule has 0 spiro atoms. The Morgan fingerprint density at radius 2 is 1.69 bits per heavy atom. The topological polar surface area (TPSA) is 85.5 Å². The number of rotatable bonds is 3. The number of anilines is 2. The van der Waals surface area contributed by atoms with Crippen molar-refractivity contribution in [2.75, 3.05) is 16.8 Å². The number of carbonyl (C=O) groups excluding carboxylic acids is 3. The largest absolute Gasteiger partial charge is 0.361 e. The van der Waals surface area contributed by atoms with Gasteiger partial charge in [0, 0.05) is 28.5 Å². The number of hydrogen-bond acceptors (Lipinski definition) is 3. The quantitative estimate of drug-likeness (QED) is 0.525. The summed E-state index contributed by atoms with van der Waals surface area (Å²) < 4.78 is 0. The Kier molecular flexibility index (Phi) is 3.91. The minimum atomic E-state index is -0.655. The van der Waals surface area contributed by atoms with Gasteiger partial charge in [0.05, 0.1) is 11.3 Å². The van der Waals surface area contributed by atoms with Crippen molar-refractivity contribution in [1.82, 2.24) is 9.88 Å². The van der Waals surface area contributed by atoms with Crippen LogP contribution in [0.5, 0.6) is 0 Å². The van der Waals surface area contributed by atoms with E-state index < -0.39 is 6.17 Å². The molecule has 0 saturated heterocycles. The van der Waals surface area contributed by atoms with Crippen LogP contribution in [0.1, 0.15) is 32.4 Å². The maximum absolute atomic E-state index is 13.4. The van der Waals surface area contributed by atoms with E-state index in [0.29, 0.717) is 22.5 Å². The second-order valence-electron chi connectivity index (χ2n) is 7.91. The summed E-state index contributed by atoms with van der Waals surface area (Å²) in [5, 5.41) is 3.92. The Bertz CT molecular complexity index is 1420. The lowest BCUT2D eigenvalue weighted by Crippen LogP contribution is -2.50. The molecule has 3 heterocycles. The highest BCUT2D eigenvalue weighted by molar-refractivity contribution is 6.17. The van der Waals surface area contributed by atoms with Crippen LogP contribution < -0.4 is 10.2 Å². The molecule has 7 heteroatoms. The van der Waals surface area contributed by atoms with Gasteiger partial charge in [0.15, 0.2) is 0 Å². The van der Waals surface area contributed by atoms with Crippen molar-refractivity contribution in [3.05, 3.63) is 95.7 Å². The Balaban J connectivity index is 1.36. The van der Waals surface area contributed by atoms with Crippen molar-refractivity contribution in [3.63, 3.8) is 0 Å². The van der Waals surface area contributed by atoms with Gasteiger partial charge in [-0.25, -0.2) is 0 Å². The summed E-state index contributed by atoms with van der Waals surface area (Å²) in [6.45, 7) is -0.182. The van der Waals surface area contributed by atoms with Gasteiger partial charge in [-0.15, -0.1) is 0 Å². The first-order valence-electron chi connectivity index (χ1n) is 10.3. The second kappa shape index (κ2) is 6.81. The third-order valence-electron chi connectivity index (χ3n) is 6.04. The van der Waals surface area contributed by atoms with Gasteiger partial charge in [0.2, 0.25) is 5.91 Å². The van der Waals surface area contributed by atoms with E-state index in [1.165, 1.54) is 4.90 Å². The van der Waals surface area contributed by atoms with Crippen molar-refractivity contribution < 1.29 is 14.4 Å². The van der Waals surface area contributed by atoms with Gasteiger partial charge >= 0.3 is 0 Å². The molecule has 0 fully saturated rings. The fraction of sp³-hybridized carbons (Fsp3) is 0.0800. The number of nitrogens with one attached hydrogen (secondary N) is 2. The molecule has 6 rings (SSSR count). The highest BCUT2D eigenvalue weighted by Crippen LogP contribution is 2.44. The fourth-order valence-electron chi connectivity index (χ4n) is 4.61. The van der Waals surface area contributed by atoms with Crippen LogP contribution in [-0.4, -0.2) is 34.2 Å². The number of aromatic amines is 1. The molecule has 3 amide bonds. The van der Waals surface area contributed by atoms with Crippen LogP contribution in [0.25, 0.3) is 10.9 Å². The molecule has 1 atom stereocenters. The molecule has 0 saturated carbocycles. The molecule has 156 valence electrons. The molecule has 2 aliphatic rings. The molecule has 3 aromatic carbocycles. The molecule has 32 heavy (non-hydrogen) atoms. The third-order valence-corrected chi connectivity index (χ3v) is 6.04. The van der Waals surface area contributed by atoms with Crippen molar-refractivity contribution >= 4 is 40.0 Å². The van der Waals surface area contributed by atoms with E-state index in [4.69, 9.17) is 0 Å². The second-order valence-corrected chi connectivity index (χ2v) is 7.91. The predicted molar refractivity (Wildman–Crippen MR) is 120 cm³/mol. The van der Waals surface area contributed by atoms with Crippen molar-refractivity contribution in [3.8, 4) is 0 Å². The van der Waals surface area contributed by atoms with Gasteiger partial charge in [-0.2, -0.15) is 0 Å². The molecular weight excluding hydrogens is 404 g/mol. The van der Waals surface area contributed by atoms with Crippen LogP contribution in [0, 0.1) is 0 Å². The molecule has 0 aliphatic carbocycles. The Morgan fingerprint density at radius 3 is 2.56 bits per heavy atom. The van der Waals surface area contributed by atoms with E-state index in [1.807, 2.05) is 42.6 Å². The van der Waals surface area contributed by atoms with E-state index >= 15 is 0 Å². The summed E-state index contributed by atoms with van der Waals surface area (Å²) in [6, 6.07) is 21.8. The first kappa shape index (κ1) is 18.4. The van der Waals surface area contributed by atoms with Crippen LogP contribution in [0.4, 0.5) is 11.4 Å². The standard InChI is InChI=1S/C25H18N4O3/c30-22(27-16-10-9-15-11-12-26-20(15)13-16)14-28-23-17-5-1-2-6-18(17)25(32)29(23)21-8-4-3-7-19(21)24(28)31/h1-13,23,26H,14H2,(H,27,30)/t23-/m1/s1. The molecule has 0 bridgehead atoms. The molecule has 2 N–H and O–H groups in total. The third kappa shape index (κ3) is 2.64. The lowest BCUT2D eigenvalue weighted by molar-refractivity contribution is -0.117. The molecule has 2 aliphatic heterocycles. The van der Waals surface area contributed by atoms with Gasteiger partial charge in [-0.3, -0.25) is 19.3 Å². The zero-order valence-corrected chi connectivity index (χ0v) is 16.9. The molecule has 0 unspecified atom stereocenters. The number of amides is 3. The summed E-state index contributed by atoms with van der Waals surface area (Å²) in [5.41, 5.74) is 3.79. The van der Waals surface area contributed by atoms with Crippen LogP contribution in [0.2, 0.25) is 0 Å². The number of hydrogen-bond donors (Lipinski definition) is 2. The molecule has 4 aromatic rings. The predicted octanol–water partition coefficient (Wildman–Crippen LogP) is 3.92. The average molecular weight is 422 g/mol. The van der Waals surface area contributed by atoms with Crippen molar-refractivity contribution in [2.45, 2.75) is 6.17 Å². The summed E-state index contributed by atoms with van der Waals surface area (Å²) in [6.07, 6.45) is 1.18. The van der Waals surface area contributed by atoms with E-state index in [2.05, 4.69) is 10.3 Å². The summed E-state index contributed by atoms with van der Waals surface area (Å²) in [7, 11) is 0. The number of fused-ring (bicyclic) bond motifs is 6. The van der Waals surface area contributed by atoms with E-state index in [0.717, 1.165) is 16.5 Å². The van der Waals surface area contributed by atoms with Gasteiger partial charge in [0.1, 0.15) is 12.7 Å². The van der Waals surface area contributed by atoms with E-state index in [1.54, 1.807) is 41.3 Å². The summed E-state index contributed by atoms with van der Waals surface area (Å²) >= 11 is 0. The van der Waals surface area contributed by atoms with Crippen LogP contribution in [0.15, 0.2) is 79.0 Å². The number of benzene rings is 3. The zero-order valence-electron chi connectivity index (χ0n) is 16.9. The highest BCUT2D eigenvalue weighted by atomic mass is 16.2. The van der Waals surface area contributed by atoms with E-state index in [-0.39, 0.29) is 24.3 Å². The van der Waals surface area contributed by atoms with Crippen molar-refractivity contribution in [2.24, 2.45) is 0 Å². The molecule has 0 radical (unpaired) electrons. The Morgan fingerprint density at radius 1 is 0.906 bits per heavy atom.